The highest BCUT2D eigenvalue weighted by atomic mass is 79.9. The molecule has 1 unspecified atom stereocenters. The van der Waals surface area contributed by atoms with Crippen molar-refractivity contribution in [3.05, 3.63) is 26.6 Å². The van der Waals surface area contributed by atoms with Crippen LogP contribution in [0, 0.1) is 0 Å². The zero-order valence-electron chi connectivity index (χ0n) is 10.7. The Morgan fingerprint density at radius 1 is 1.30 bits per heavy atom. The lowest BCUT2D eigenvalue weighted by Gasteiger charge is -2.16. The second-order valence-corrected chi connectivity index (χ2v) is 5.47. The highest BCUT2D eigenvalue weighted by molar-refractivity contribution is 9.11. The molecule has 0 saturated carbocycles. The number of ether oxygens (including phenoxy) is 1. The van der Waals surface area contributed by atoms with Crippen molar-refractivity contribution in [2.24, 2.45) is 0 Å². The lowest BCUT2D eigenvalue weighted by molar-refractivity contribution is -0.126. The molecule has 0 aromatic heterocycles. The number of halogens is 2. The topological polar surface area (TPSA) is 84.5 Å². The standard InChI is InChI=1S/C12H12Br2N2O4/c1-6(11(18)16-12(19)15-2)20-10-8(13)3-7(5-17)4-9(10)14/h3-6H,1-2H3,(H2,15,16,18,19). The quantitative estimate of drug-likeness (QED) is 0.749. The zero-order chi connectivity index (χ0) is 15.3. The van der Waals surface area contributed by atoms with Crippen LogP contribution in [0.25, 0.3) is 0 Å². The van der Waals surface area contributed by atoms with Gasteiger partial charge in [0, 0.05) is 12.6 Å². The normalized spacial score (nSPS) is 11.4. The number of amides is 3. The molecule has 0 heterocycles. The fourth-order valence-corrected chi connectivity index (χ4v) is 2.68. The SMILES string of the molecule is CNC(=O)NC(=O)C(C)Oc1c(Br)cc(C=O)cc1Br. The van der Waals surface area contributed by atoms with Gasteiger partial charge in [-0.05, 0) is 50.9 Å². The van der Waals surface area contributed by atoms with Crippen LogP contribution in [-0.2, 0) is 4.79 Å². The predicted molar refractivity (Wildman–Crippen MR) is 79.9 cm³/mol. The van der Waals surface area contributed by atoms with Crippen LogP contribution in [0.2, 0.25) is 0 Å². The monoisotopic (exact) mass is 406 g/mol. The Bertz CT molecular complexity index is 525. The highest BCUT2D eigenvalue weighted by Gasteiger charge is 2.19. The van der Waals surface area contributed by atoms with E-state index in [9.17, 15) is 14.4 Å². The molecule has 1 atom stereocenters. The number of nitrogens with one attached hydrogen (secondary N) is 2. The van der Waals surface area contributed by atoms with Gasteiger partial charge in [0.15, 0.2) is 6.10 Å². The van der Waals surface area contributed by atoms with E-state index in [1.165, 1.54) is 14.0 Å². The van der Waals surface area contributed by atoms with Crippen molar-refractivity contribution in [1.82, 2.24) is 10.6 Å². The third-order valence-electron chi connectivity index (χ3n) is 2.28. The van der Waals surface area contributed by atoms with Crippen molar-refractivity contribution in [3.8, 4) is 5.75 Å². The summed E-state index contributed by atoms with van der Waals surface area (Å²) in [5, 5.41) is 4.38. The minimum atomic E-state index is -0.887. The van der Waals surface area contributed by atoms with Crippen molar-refractivity contribution in [2.45, 2.75) is 13.0 Å². The van der Waals surface area contributed by atoms with E-state index >= 15 is 0 Å². The second-order valence-electron chi connectivity index (χ2n) is 3.76. The van der Waals surface area contributed by atoms with Gasteiger partial charge in [-0.3, -0.25) is 14.9 Å². The average molecular weight is 408 g/mol. The van der Waals surface area contributed by atoms with E-state index in [2.05, 4.69) is 42.5 Å². The lowest BCUT2D eigenvalue weighted by atomic mass is 10.2. The minimum Gasteiger partial charge on any atom is -0.479 e. The molecule has 108 valence electrons. The van der Waals surface area contributed by atoms with Crippen LogP contribution in [0.3, 0.4) is 0 Å². The van der Waals surface area contributed by atoms with Gasteiger partial charge in [0.05, 0.1) is 8.95 Å². The summed E-state index contributed by atoms with van der Waals surface area (Å²) in [7, 11) is 1.40. The van der Waals surface area contributed by atoms with Gasteiger partial charge in [0.2, 0.25) is 0 Å². The number of carbonyl (C=O) groups is 3. The van der Waals surface area contributed by atoms with E-state index < -0.39 is 18.0 Å². The van der Waals surface area contributed by atoms with Gasteiger partial charge in [-0.25, -0.2) is 4.79 Å². The summed E-state index contributed by atoms with van der Waals surface area (Å²) < 4.78 is 6.52. The van der Waals surface area contributed by atoms with Gasteiger partial charge in [-0.1, -0.05) is 0 Å². The Hall–Kier alpha value is -1.41. The summed E-state index contributed by atoms with van der Waals surface area (Å²) in [6.45, 7) is 1.50. The lowest BCUT2D eigenvalue weighted by Crippen LogP contribution is -2.44. The summed E-state index contributed by atoms with van der Waals surface area (Å²) in [5.41, 5.74) is 0.457. The molecule has 8 heteroatoms. The molecule has 1 aromatic carbocycles. The molecule has 2 N–H and O–H groups in total. The number of rotatable bonds is 4. The molecule has 0 radical (unpaired) electrons. The molecule has 0 fully saturated rings. The molecule has 0 aliphatic carbocycles. The van der Waals surface area contributed by atoms with Crippen LogP contribution in [0.4, 0.5) is 4.79 Å². The molecular weight excluding hydrogens is 396 g/mol. The molecule has 6 nitrogen and oxygen atoms in total. The van der Waals surface area contributed by atoms with E-state index in [1.54, 1.807) is 12.1 Å². The van der Waals surface area contributed by atoms with E-state index in [0.717, 1.165) is 0 Å². The third kappa shape index (κ3) is 4.31. The molecule has 0 aliphatic heterocycles. The molecule has 1 rings (SSSR count). The molecule has 0 spiro atoms. The maximum atomic E-state index is 11.7. The number of imide groups is 1. The van der Waals surface area contributed by atoms with Gasteiger partial charge in [-0.2, -0.15) is 0 Å². The second kappa shape index (κ2) is 7.39. The first-order valence-electron chi connectivity index (χ1n) is 5.52. The molecule has 20 heavy (non-hydrogen) atoms. The summed E-state index contributed by atoms with van der Waals surface area (Å²) in [6, 6.07) is 2.52. The number of aldehydes is 1. The van der Waals surface area contributed by atoms with Crippen LogP contribution < -0.4 is 15.4 Å². The Kier molecular flexibility index (Phi) is 6.15. The summed E-state index contributed by atoms with van der Waals surface area (Å²) >= 11 is 6.51. The smallest absolute Gasteiger partial charge is 0.321 e. The number of hydrogen-bond donors (Lipinski definition) is 2. The zero-order valence-corrected chi connectivity index (χ0v) is 13.9. The number of hydrogen-bond acceptors (Lipinski definition) is 4. The Balaban J connectivity index is 2.85. The molecule has 0 bridgehead atoms. The number of urea groups is 1. The molecule has 0 saturated heterocycles. The first kappa shape index (κ1) is 16.6. The van der Waals surface area contributed by atoms with Crippen molar-refractivity contribution in [1.29, 1.82) is 0 Å². The minimum absolute atomic E-state index is 0.371. The highest BCUT2D eigenvalue weighted by Crippen LogP contribution is 2.35. The van der Waals surface area contributed by atoms with Gasteiger partial charge in [-0.15, -0.1) is 0 Å². The number of carbonyl (C=O) groups excluding carboxylic acids is 3. The molecule has 1 aromatic rings. The largest absolute Gasteiger partial charge is 0.479 e. The first-order chi connectivity index (χ1) is 9.38. The van der Waals surface area contributed by atoms with Crippen molar-refractivity contribution in [2.75, 3.05) is 7.05 Å². The Labute approximate surface area is 132 Å². The maximum absolute atomic E-state index is 11.7. The summed E-state index contributed by atoms with van der Waals surface area (Å²) in [5.74, 6) is -0.210. The molecule has 0 aliphatic rings. The first-order valence-corrected chi connectivity index (χ1v) is 7.11. The van der Waals surface area contributed by atoms with Gasteiger partial charge in [0.25, 0.3) is 5.91 Å². The van der Waals surface area contributed by atoms with E-state index in [4.69, 9.17) is 4.74 Å². The van der Waals surface area contributed by atoms with Crippen LogP contribution in [0.1, 0.15) is 17.3 Å². The predicted octanol–water partition coefficient (Wildman–Crippen LogP) is 2.25. The maximum Gasteiger partial charge on any atom is 0.321 e. The van der Waals surface area contributed by atoms with Gasteiger partial charge < -0.3 is 10.1 Å². The molecular formula is C12H12Br2N2O4. The van der Waals surface area contributed by atoms with Crippen LogP contribution in [0.15, 0.2) is 21.1 Å². The Morgan fingerprint density at radius 3 is 2.30 bits per heavy atom. The Morgan fingerprint density at radius 2 is 1.85 bits per heavy atom. The van der Waals surface area contributed by atoms with Crippen LogP contribution in [0.5, 0.6) is 5.75 Å². The van der Waals surface area contributed by atoms with Crippen molar-refractivity contribution in [3.63, 3.8) is 0 Å². The fourth-order valence-electron chi connectivity index (χ4n) is 1.27. The van der Waals surface area contributed by atoms with Crippen LogP contribution >= 0.6 is 31.9 Å². The summed E-state index contributed by atoms with van der Waals surface area (Å²) in [6.07, 6.45) is -0.192. The van der Waals surface area contributed by atoms with E-state index in [1.807, 2.05) is 0 Å². The molecule has 3 amide bonds. The summed E-state index contributed by atoms with van der Waals surface area (Å²) in [4.78, 5) is 33.4. The van der Waals surface area contributed by atoms with E-state index in [-0.39, 0.29) is 0 Å². The number of benzene rings is 1. The fraction of sp³-hybridized carbons (Fsp3) is 0.250. The third-order valence-corrected chi connectivity index (χ3v) is 3.46. The van der Waals surface area contributed by atoms with Crippen molar-refractivity contribution < 1.29 is 19.1 Å². The van der Waals surface area contributed by atoms with Gasteiger partial charge >= 0.3 is 6.03 Å². The van der Waals surface area contributed by atoms with Gasteiger partial charge in [0.1, 0.15) is 12.0 Å². The van der Waals surface area contributed by atoms with Crippen LogP contribution in [-0.4, -0.2) is 31.4 Å². The average Bonchev–Trinajstić information content (AvgIpc) is 2.41. The van der Waals surface area contributed by atoms with E-state index in [0.29, 0.717) is 26.5 Å². The van der Waals surface area contributed by atoms with Crippen molar-refractivity contribution >= 4 is 50.1 Å².